The van der Waals surface area contributed by atoms with Gasteiger partial charge in [-0.05, 0) is 11.8 Å². The fourth-order valence-electron chi connectivity index (χ4n) is 2.60. The third kappa shape index (κ3) is 3.91. The smallest absolute Gasteiger partial charge is 0.262 e. The van der Waals surface area contributed by atoms with Crippen molar-refractivity contribution in [2.75, 3.05) is 13.1 Å². The largest absolute Gasteiger partial charge is 0.309 e. The van der Waals surface area contributed by atoms with Crippen molar-refractivity contribution in [3.63, 3.8) is 0 Å². The molecule has 0 aromatic carbocycles. The van der Waals surface area contributed by atoms with Gasteiger partial charge in [0.1, 0.15) is 11.2 Å². The molecule has 0 aliphatic heterocycles. The molecule has 0 fully saturated rings. The van der Waals surface area contributed by atoms with Gasteiger partial charge in [0.25, 0.3) is 5.56 Å². The van der Waals surface area contributed by atoms with Gasteiger partial charge in [-0.25, -0.2) is 4.98 Å². The van der Waals surface area contributed by atoms with Crippen LogP contribution in [0, 0.1) is 11.8 Å². The van der Waals surface area contributed by atoms with Crippen LogP contribution in [0.5, 0.6) is 0 Å². The molecule has 21 heavy (non-hydrogen) atoms. The maximum Gasteiger partial charge on any atom is 0.262 e. The third-order valence-electron chi connectivity index (χ3n) is 3.27. The van der Waals surface area contributed by atoms with Gasteiger partial charge < -0.3 is 4.98 Å². The van der Waals surface area contributed by atoms with E-state index in [9.17, 15) is 4.79 Å². The molecule has 1 N–H and O–H groups in total. The molecule has 0 aliphatic carbocycles. The number of fused-ring (bicyclic) bond motifs is 1. The Kier molecular flexibility index (Phi) is 4.77. The quantitative estimate of drug-likeness (QED) is 0.881. The maximum absolute atomic E-state index is 12.1. The van der Waals surface area contributed by atoms with Gasteiger partial charge in [0, 0.05) is 20.1 Å². The third-order valence-corrected chi connectivity index (χ3v) is 3.27. The van der Waals surface area contributed by atoms with E-state index in [1.54, 1.807) is 17.9 Å². The molecule has 0 bridgehead atoms. The van der Waals surface area contributed by atoms with Crippen molar-refractivity contribution in [2.24, 2.45) is 18.9 Å². The van der Waals surface area contributed by atoms with Crippen LogP contribution in [0.15, 0.2) is 11.0 Å². The minimum absolute atomic E-state index is 0.114. The SMILES string of the molecule is CC(C)CN(Cc1nc2c(cnn2C)c(=O)[nH]1)CC(C)C. The van der Waals surface area contributed by atoms with Crippen molar-refractivity contribution in [3.8, 4) is 0 Å². The van der Waals surface area contributed by atoms with E-state index in [1.165, 1.54) is 0 Å². The number of H-pyrrole nitrogens is 1. The zero-order valence-electron chi connectivity index (χ0n) is 13.6. The van der Waals surface area contributed by atoms with Gasteiger partial charge in [0.2, 0.25) is 0 Å². The molecule has 6 heteroatoms. The summed E-state index contributed by atoms with van der Waals surface area (Å²) in [5, 5.41) is 4.64. The molecule has 0 aliphatic rings. The number of rotatable bonds is 6. The first-order valence-corrected chi connectivity index (χ1v) is 7.50. The summed E-state index contributed by atoms with van der Waals surface area (Å²) >= 11 is 0. The highest BCUT2D eigenvalue weighted by Crippen LogP contribution is 2.09. The Morgan fingerprint density at radius 1 is 1.24 bits per heavy atom. The van der Waals surface area contributed by atoms with Crippen molar-refractivity contribution >= 4 is 11.0 Å². The molecular weight excluding hydrogens is 266 g/mol. The zero-order chi connectivity index (χ0) is 15.6. The fraction of sp³-hybridized carbons (Fsp3) is 0.667. The van der Waals surface area contributed by atoms with Gasteiger partial charge in [0.15, 0.2) is 5.65 Å². The molecule has 6 nitrogen and oxygen atoms in total. The molecule has 0 saturated heterocycles. The molecule has 0 atom stereocenters. The van der Waals surface area contributed by atoms with E-state index in [4.69, 9.17) is 0 Å². The van der Waals surface area contributed by atoms with Gasteiger partial charge >= 0.3 is 0 Å². The van der Waals surface area contributed by atoms with Gasteiger partial charge in [-0.15, -0.1) is 0 Å². The van der Waals surface area contributed by atoms with Crippen molar-refractivity contribution in [2.45, 2.75) is 34.2 Å². The maximum atomic E-state index is 12.1. The summed E-state index contributed by atoms with van der Waals surface area (Å²) in [7, 11) is 1.80. The monoisotopic (exact) mass is 291 g/mol. The lowest BCUT2D eigenvalue weighted by molar-refractivity contribution is 0.207. The molecule has 2 aromatic heterocycles. The van der Waals surface area contributed by atoms with Crippen LogP contribution in [0.1, 0.15) is 33.5 Å². The second kappa shape index (κ2) is 6.39. The summed E-state index contributed by atoms with van der Waals surface area (Å²) in [6.45, 7) is 11.5. The topological polar surface area (TPSA) is 66.8 Å². The van der Waals surface area contributed by atoms with Gasteiger partial charge in [0.05, 0.1) is 12.7 Å². The Bertz CT molecular complexity index is 646. The Morgan fingerprint density at radius 2 is 1.86 bits per heavy atom. The molecule has 0 unspecified atom stereocenters. The van der Waals surface area contributed by atoms with Crippen molar-refractivity contribution < 1.29 is 0 Å². The van der Waals surface area contributed by atoms with E-state index >= 15 is 0 Å². The molecule has 0 radical (unpaired) electrons. The van der Waals surface area contributed by atoms with Crippen molar-refractivity contribution in [1.82, 2.24) is 24.6 Å². The van der Waals surface area contributed by atoms with E-state index in [1.807, 2.05) is 0 Å². The highest BCUT2D eigenvalue weighted by atomic mass is 16.1. The first kappa shape index (κ1) is 15.7. The summed E-state index contributed by atoms with van der Waals surface area (Å²) in [5.41, 5.74) is 0.528. The van der Waals surface area contributed by atoms with Crippen LogP contribution in [0.3, 0.4) is 0 Å². The first-order valence-electron chi connectivity index (χ1n) is 7.50. The van der Waals surface area contributed by atoms with Crippen LogP contribution in [-0.2, 0) is 13.6 Å². The number of nitrogens with one attached hydrogen (secondary N) is 1. The highest BCUT2D eigenvalue weighted by Gasteiger charge is 2.14. The lowest BCUT2D eigenvalue weighted by atomic mass is 10.1. The Labute approximate surface area is 125 Å². The molecule has 0 spiro atoms. The molecule has 0 amide bonds. The highest BCUT2D eigenvalue weighted by molar-refractivity contribution is 5.72. The minimum atomic E-state index is -0.114. The summed E-state index contributed by atoms with van der Waals surface area (Å²) < 4.78 is 1.64. The predicted molar refractivity (Wildman–Crippen MR) is 84.1 cm³/mol. The number of hydrogen-bond acceptors (Lipinski definition) is 4. The summed E-state index contributed by atoms with van der Waals surface area (Å²) in [4.78, 5) is 21.8. The van der Waals surface area contributed by atoms with Crippen LogP contribution >= 0.6 is 0 Å². The molecule has 2 heterocycles. The Hall–Kier alpha value is -1.69. The second-order valence-electron chi connectivity index (χ2n) is 6.50. The number of aromatic nitrogens is 4. The van der Waals surface area contributed by atoms with Crippen molar-refractivity contribution in [3.05, 3.63) is 22.4 Å². The van der Waals surface area contributed by atoms with Crippen LogP contribution < -0.4 is 5.56 Å². The van der Waals surface area contributed by atoms with E-state index < -0.39 is 0 Å². The summed E-state index contributed by atoms with van der Waals surface area (Å²) in [6.07, 6.45) is 1.56. The van der Waals surface area contributed by atoms with E-state index in [0.717, 1.165) is 13.1 Å². The van der Waals surface area contributed by atoms with E-state index in [-0.39, 0.29) is 5.56 Å². The van der Waals surface area contributed by atoms with Gasteiger partial charge in [-0.1, -0.05) is 27.7 Å². The molecule has 2 aromatic rings. The molecule has 116 valence electrons. The van der Waals surface area contributed by atoms with Crippen LogP contribution in [-0.4, -0.2) is 37.7 Å². The Balaban J connectivity index is 2.27. The Morgan fingerprint density at radius 3 is 2.43 bits per heavy atom. The molecular formula is C15H25N5O. The fourth-order valence-corrected chi connectivity index (χ4v) is 2.60. The molecule has 2 rings (SSSR count). The van der Waals surface area contributed by atoms with Crippen LogP contribution in [0.4, 0.5) is 0 Å². The standard InChI is InChI=1S/C15H25N5O/c1-10(2)7-20(8-11(3)4)9-13-17-14-12(15(21)18-13)6-16-19(14)5/h6,10-11H,7-9H2,1-5H3,(H,17,18,21). The minimum Gasteiger partial charge on any atom is -0.309 e. The summed E-state index contributed by atoms with van der Waals surface area (Å²) in [5.74, 6) is 1.87. The van der Waals surface area contributed by atoms with Crippen molar-refractivity contribution in [1.29, 1.82) is 0 Å². The summed E-state index contributed by atoms with van der Waals surface area (Å²) in [6, 6.07) is 0. The number of aromatic amines is 1. The lowest BCUT2D eigenvalue weighted by Gasteiger charge is -2.25. The van der Waals surface area contributed by atoms with Gasteiger partial charge in [-0.2, -0.15) is 5.10 Å². The normalized spacial score (nSPS) is 12.2. The number of nitrogens with zero attached hydrogens (tertiary/aromatic N) is 4. The predicted octanol–water partition coefficient (Wildman–Crippen LogP) is 1.77. The zero-order valence-corrected chi connectivity index (χ0v) is 13.6. The van der Waals surface area contributed by atoms with E-state index in [0.29, 0.717) is 35.2 Å². The average molecular weight is 291 g/mol. The van der Waals surface area contributed by atoms with Crippen LogP contribution in [0.2, 0.25) is 0 Å². The molecule has 0 saturated carbocycles. The lowest BCUT2D eigenvalue weighted by Crippen LogP contribution is -2.32. The average Bonchev–Trinajstić information content (AvgIpc) is 2.70. The number of hydrogen-bond donors (Lipinski definition) is 1. The number of aryl methyl sites for hydroxylation is 1. The second-order valence-corrected chi connectivity index (χ2v) is 6.50. The first-order chi connectivity index (χ1) is 9.86. The van der Waals surface area contributed by atoms with E-state index in [2.05, 4.69) is 47.7 Å². The van der Waals surface area contributed by atoms with Crippen LogP contribution in [0.25, 0.3) is 11.0 Å². The van der Waals surface area contributed by atoms with Gasteiger partial charge in [-0.3, -0.25) is 14.4 Å².